The van der Waals surface area contributed by atoms with Gasteiger partial charge < -0.3 is 0 Å². The van der Waals surface area contributed by atoms with Gasteiger partial charge in [-0.3, -0.25) is 0 Å². The van der Waals surface area contributed by atoms with Crippen LogP contribution in [0.4, 0.5) is 0 Å². The zero-order valence-electron chi connectivity index (χ0n) is 11.9. The van der Waals surface area contributed by atoms with Gasteiger partial charge in [0.05, 0.1) is 10.2 Å². The van der Waals surface area contributed by atoms with Crippen molar-refractivity contribution in [3.05, 3.63) is 77.9 Å². The number of para-hydroxylation sites is 1. The van der Waals surface area contributed by atoms with Gasteiger partial charge in [0.2, 0.25) is 0 Å². The van der Waals surface area contributed by atoms with E-state index in [2.05, 4.69) is 60.7 Å². The first-order valence-corrected chi connectivity index (χ1v) is 8.27. The molecule has 0 N–H and O–H groups in total. The highest BCUT2D eigenvalue weighted by molar-refractivity contribution is 7.21. The lowest BCUT2D eigenvalue weighted by atomic mass is 10.0. The smallest absolute Gasteiger partial charge is 0.124 e. The Bertz CT molecular complexity index is 980. The van der Waals surface area contributed by atoms with Crippen molar-refractivity contribution in [1.82, 2.24) is 4.98 Å². The quantitative estimate of drug-likeness (QED) is 0.396. The average molecular weight is 299 g/mol. The third-order valence-corrected chi connectivity index (χ3v) is 5.42. The summed E-state index contributed by atoms with van der Waals surface area (Å²) >= 11 is 1.77. The summed E-state index contributed by atoms with van der Waals surface area (Å²) in [5, 5.41) is 1.11. The molecule has 0 saturated heterocycles. The molecule has 104 valence electrons. The number of nitrogens with zero attached hydrogens (tertiary/aromatic N) is 1. The minimum absolute atomic E-state index is 1.03. The lowest BCUT2D eigenvalue weighted by Gasteiger charge is -2.02. The molecule has 0 unspecified atom stereocenters. The van der Waals surface area contributed by atoms with E-state index in [1.54, 1.807) is 11.3 Å². The molecule has 0 bridgehead atoms. The molecule has 1 aliphatic rings. The second-order valence-corrected chi connectivity index (χ2v) is 6.72. The molecule has 2 heteroatoms. The minimum atomic E-state index is 1.03. The zero-order chi connectivity index (χ0) is 14.5. The molecule has 0 aliphatic heterocycles. The van der Waals surface area contributed by atoms with Crippen molar-refractivity contribution in [3.63, 3.8) is 0 Å². The maximum absolute atomic E-state index is 4.78. The summed E-state index contributed by atoms with van der Waals surface area (Å²) in [4.78, 5) is 4.78. The maximum Gasteiger partial charge on any atom is 0.124 e. The highest BCUT2D eigenvalue weighted by Crippen LogP contribution is 2.39. The Morgan fingerprint density at radius 1 is 0.773 bits per heavy atom. The van der Waals surface area contributed by atoms with E-state index >= 15 is 0 Å². The maximum atomic E-state index is 4.78. The lowest BCUT2D eigenvalue weighted by molar-refractivity contribution is 1.26. The van der Waals surface area contributed by atoms with Gasteiger partial charge in [0, 0.05) is 5.56 Å². The summed E-state index contributed by atoms with van der Waals surface area (Å²) in [5.74, 6) is 0. The first-order valence-electron chi connectivity index (χ1n) is 7.46. The molecule has 0 radical (unpaired) electrons. The van der Waals surface area contributed by atoms with Crippen LogP contribution < -0.4 is 0 Å². The molecule has 22 heavy (non-hydrogen) atoms. The molecule has 5 rings (SSSR count). The number of fused-ring (bicyclic) bond motifs is 4. The standard InChI is InChI=1S/C20H13NS/c1-2-6-16-13(5-1)11-15-12-14(9-10-17(15)16)20-21-18-7-3-4-8-19(18)22-20/h1-10,12H,11H2. The van der Waals surface area contributed by atoms with Crippen LogP contribution in [0, 0.1) is 0 Å². The van der Waals surface area contributed by atoms with Crippen LogP contribution >= 0.6 is 11.3 Å². The summed E-state index contributed by atoms with van der Waals surface area (Å²) in [6, 6.07) is 23.8. The van der Waals surface area contributed by atoms with Gasteiger partial charge in [-0.25, -0.2) is 4.98 Å². The Morgan fingerprint density at radius 3 is 2.55 bits per heavy atom. The van der Waals surface area contributed by atoms with Gasteiger partial charge in [0.1, 0.15) is 5.01 Å². The van der Waals surface area contributed by atoms with Crippen molar-refractivity contribution in [3.8, 4) is 21.7 Å². The molecule has 3 aromatic carbocycles. The molecule has 4 aromatic rings. The molecular formula is C20H13NS. The fourth-order valence-corrected chi connectivity index (χ4v) is 4.24. The Kier molecular flexibility index (Phi) is 2.49. The SMILES string of the molecule is c1ccc2c(c1)Cc1cc(-c3nc4ccccc4s3)ccc1-2. The highest BCUT2D eigenvalue weighted by Gasteiger charge is 2.18. The molecule has 1 aliphatic carbocycles. The van der Waals surface area contributed by atoms with E-state index in [0.717, 1.165) is 16.9 Å². The second kappa shape index (κ2) is 4.52. The van der Waals surface area contributed by atoms with Crippen LogP contribution in [0.5, 0.6) is 0 Å². The predicted molar refractivity (Wildman–Crippen MR) is 93.3 cm³/mol. The Labute approximate surface area is 132 Å². The van der Waals surface area contributed by atoms with E-state index in [1.165, 1.54) is 32.5 Å². The van der Waals surface area contributed by atoms with E-state index in [0.29, 0.717) is 0 Å². The number of rotatable bonds is 1. The first-order chi connectivity index (χ1) is 10.9. The van der Waals surface area contributed by atoms with Crippen molar-refractivity contribution in [2.24, 2.45) is 0 Å². The first kappa shape index (κ1) is 12.1. The second-order valence-electron chi connectivity index (χ2n) is 5.69. The summed E-state index contributed by atoms with van der Waals surface area (Å²) in [6.45, 7) is 0. The van der Waals surface area contributed by atoms with Crippen LogP contribution in [0.2, 0.25) is 0 Å². The van der Waals surface area contributed by atoms with Crippen LogP contribution in [-0.2, 0) is 6.42 Å². The van der Waals surface area contributed by atoms with Crippen molar-refractivity contribution in [1.29, 1.82) is 0 Å². The van der Waals surface area contributed by atoms with Gasteiger partial charge in [0.15, 0.2) is 0 Å². The van der Waals surface area contributed by atoms with Crippen molar-refractivity contribution >= 4 is 21.6 Å². The molecular weight excluding hydrogens is 286 g/mol. The lowest BCUT2D eigenvalue weighted by Crippen LogP contribution is -1.83. The summed E-state index contributed by atoms with van der Waals surface area (Å²) in [6.07, 6.45) is 1.03. The van der Waals surface area contributed by atoms with Gasteiger partial charge in [-0.1, -0.05) is 48.5 Å². The van der Waals surface area contributed by atoms with E-state index in [-0.39, 0.29) is 0 Å². The molecule has 0 saturated carbocycles. The Hall–Kier alpha value is -2.45. The van der Waals surface area contributed by atoms with Crippen molar-refractivity contribution in [2.75, 3.05) is 0 Å². The van der Waals surface area contributed by atoms with Gasteiger partial charge in [0.25, 0.3) is 0 Å². The summed E-state index contributed by atoms with van der Waals surface area (Å²) < 4.78 is 1.25. The van der Waals surface area contributed by atoms with Crippen molar-refractivity contribution < 1.29 is 0 Å². The molecule has 1 nitrogen and oxygen atoms in total. The van der Waals surface area contributed by atoms with Crippen LogP contribution in [-0.4, -0.2) is 4.98 Å². The fourth-order valence-electron chi connectivity index (χ4n) is 3.27. The van der Waals surface area contributed by atoms with Crippen molar-refractivity contribution in [2.45, 2.75) is 6.42 Å². The fraction of sp³-hybridized carbons (Fsp3) is 0.0500. The number of thiazole rings is 1. The number of hydrogen-bond donors (Lipinski definition) is 0. The number of aromatic nitrogens is 1. The van der Waals surface area contributed by atoms with Crippen LogP contribution in [0.1, 0.15) is 11.1 Å². The molecule has 0 atom stereocenters. The third kappa shape index (κ3) is 1.74. The van der Waals surface area contributed by atoms with Gasteiger partial charge in [-0.15, -0.1) is 11.3 Å². The summed E-state index contributed by atoms with van der Waals surface area (Å²) in [5.41, 5.74) is 7.92. The molecule has 0 fully saturated rings. The van der Waals surface area contributed by atoms with Crippen LogP contribution in [0.15, 0.2) is 66.7 Å². The average Bonchev–Trinajstić information content (AvgIpc) is 3.15. The van der Waals surface area contributed by atoms with Crippen LogP contribution in [0.3, 0.4) is 0 Å². The number of hydrogen-bond acceptors (Lipinski definition) is 2. The molecule has 1 heterocycles. The largest absolute Gasteiger partial charge is 0.236 e. The molecule has 0 spiro atoms. The Morgan fingerprint density at radius 2 is 1.59 bits per heavy atom. The van der Waals surface area contributed by atoms with E-state index in [1.807, 2.05) is 6.07 Å². The highest BCUT2D eigenvalue weighted by atomic mass is 32.1. The zero-order valence-corrected chi connectivity index (χ0v) is 12.7. The van der Waals surface area contributed by atoms with E-state index in [9.17, 15) is 0 Å². The van der Waals surface area contributed by atoms with Gasteiger partial charge in [-0.2, -0.15) is 0 Å². The summed E-state index contributed by atoms with van der Waals surface area (Å²) in [7, 11) is 0. The minimum Gasteiger partial charge on any atom is -0.236 e. The van der Waals surface area contributed by atoms with Gasteiger partial charge in [-0.05, 0) is 46.9 Å². The van der Waals surface area contributed by atoms with E-state index in [4.69, 9.17) is 4.98 Å². The number of benzene rings is 3. The Balaban J connectivity index is 1.64. The van der Waals surface area contributed by atoms with Gasteiger partial charge >= 0.3 is 0 Å². The topological polar surface area (TPSA) is 12.9 Å². The van der Waals surface area contributed by atoms with E-state index < -0.39 is 0 Å². The predicted octanol–water partition coefficient (Wildman–Crippen LogP) is 5.53. The van der Waals surface area contributed by atoms with Crippen LogP contribution in [0.25, 0.3) is 31.9 Å². The normalized spacial score (nSPS) is 12.4. The third-order valence-electron chi connectivity index (χ3n) is 4.33. The monoisotopic (exact) mass is 299 g/mol. The molecule has 1 aromatic heterocycles. The molecule has 0 amide bonds.